The van der Waals surface area contributed by atoms with Crippen molar-refractivity contribution in [1.29, 1.82) is 0 Å². The van der Waals surface area contributed by atoms with Crippen molar-refractivity contribution in [1.82, 2.24) is 4.98 Å². The number of hydrogen-bond acceptors (Lipinski definition) is 1. The second-order valence-electron chi connectivity index (χ2n) is 5.00. The Balaban J connectivity index is 2.11. The maximum absolute atomic E-state index is 6.34. The third kappa shape index (κ3) is 1.83. The zero-order valence-corrected chi connectivity index (χ0v) is 10.7. The Labute approximate surface area is 107 Å². The van der Waals surface area contributed by atoms with Crippen LogP contribution in [0.15, 0.2) is 36.7 Å². The largest absolute Gasteiger partial charge is 0.264 e. The van der Waals surface area contributed by atoms with Crippen LogP contribution in [0.25, 0.3) is 10.8 Å². The van der Waals surface area contributed by atoms with Crippen LogP contribution >= 0.6 is 11.6 Å². The summed E-state index contributed by atoms with van der Waals surface area (Å²) in [6, 6.07) is 8.61. The van der Waals surface area contributed by atoms with Crippen molar-refractivity contribution < 1.29 is 0 Å². The molecule has 1 aliphatic rings. The molecule has 0 spiro atoms. The summed E-state index contributed by atoms with van der Waals surface area (Å²) < 4.78 is 0. The van der Waals surface area contributed by atoms with E-state index in [4.69, 9.17) is 11.6 Å². The van der Waals surface area contributed by atoms with Crippen LogP contribution in [0.3, 0.4) is 0 Å². The molecule has 1 aromatic heterocycles. The third-order valence-electron chi connectivity index (χ3n) is 4.08. The molecule has 2 heteroatoms. The number of aromatic nitrogens is 1. The molecule has 3 atom stereocenters. The summed E-state index contributed by atoms with van der Waals surface area (Å²) in [7, 11) is 0. The molecule has 17 heavy (non-hydrogen) atoms. The first-order valence-electron chi connectivity index (χ1n) is 6.24. The number of pyridine rings is 1. The van der Waals surface area contributed by atoms with Gasteiger partial charge in [0.15, 0.2) is 0 Å². The van der Waals surface area contributed by atoms with Crippen LogP contribution in [0.1, 0.15) is 31.2 Å². The van der Waals surface area contributed by atoms with E-state index in [9.17, 15) is 0 Å². The first kappa shape index (κ1) is 11.0. The molecule has 0 amide bonds. The third-order valence-corrected chi connectivity index (χ3v) is 4.69. The number of alkyl halides is 1. The Morgan fingerprint density at radius 2 is 2.12 bits per heavy atom. The fourth-order valence-corrected chi connectivity index (χ4v) is 3.32. The van der Waals surface area contributed by atoms with Gasteiger partial charge in [0.05, 0.1) is 0 Å². The zero-order chi connectivity index (χ0) is 11.8. The van der Waals surface area contributed by atoms with Crippen LogP contribution in [0.5, 0.6) is 0 Å². The van der Waals surface area contributed by atoms with Crippen molar-refractivity contribution in [2.75, 3.05) is 0 Å². The SMILES string of the molecule is CC1C(Cl)CCC1c1cccc2ccncc12. The van der Waals surface area contributed by atoms with Gasteiger partial charge in [-0.2, -0.15) is 0 Å². The molecular weight excluding hydrogens is 230 g/mol. The highest BCUT2D eigenvalue weighted by molar-refractivity contribution is 6.21. The van der Waals surface area contributed by atoms with E-state index in [-0.39, 0.29) is 0 Å². The number of halogens is 1. The van der Waals surface area contributed by atoms with Gasteiger partial charge in [-0.25, -0.2) is 0 Å². The molecule has 0 bridgehead atoms. The maximum Gasteiger partial charge on any atom is 0.0367 e. The fourth-order valence-electron chi connectivity index (χ4n) is 3.02. The number of nitrogens with zero attached hydrogens (tertiary/aromatic N) is 1. The highest BCUT2D eigenvalue weighted by atomic mass is 35.5. The van der Waals surface area contributed by atoms with Crippen molar-refractivity contribution in [2.45, 2.75) is 31.1 Å². The average molecular weight is 246 g/mol. The Kier molecular flexibility index (Phi) is 2.79. The Hall–Kier alpha value is -1.08. The van der Waals surface area contributed by atoms with Gasteiger partial charge < -0.3 is 0 Å². The van der Waals surface area contributed by atoms with Crippen LogP contribution in [-0.2, 0) is 0 Å². The summed E-state index contributed by atoms with van der Waals surface area (Å²) in [4.78, 5) is 4.26. The molecule has 0 radical (unpaired) electrons. The molecule has 3 unspecified atom stereocenters. The molecule has 2 aromatic rings. The lowest BCUT2D eigenvalue weighted by Crippen LogP contribution is -2.09. The van der Waals surface area contributed by atoms with Crippen LogP contribution in [0, 0.1) is 5.92 Å². The summed E-state index contributed by atoms with van der Waals surface area (Å²) in [5.41, 5.74) is 1.42. The van der Waals surface area contributed by atoms with Gasteiger partial charge in [0.2, 0.25) is 0 Å². The predicted octanol–water partition coefficient (Wildman–Crippen LogP) is 4.36. The lowest BCUT2D eigenvalue weighted by atomic mass is 9.87. The van der Waals surface area contributed by atoms with Crippen LogP contribution < -0.4 is 0 Å². The number of benzene rings is 1. The lowest BCUT2D eigenvalue weighted by Gasteiger charge is -2.19. The number of fused-ring (bicyclic) bond motifs is 1. The first-order chi connectivity index (χ1) is 8.27. The maximum atomic E-state index is 6.34. The van der Waals surface area contributed by atoms with Gasteiger partial charge >= 0.3 is 0 Å². The second kappa shape index (κ2) is 4.30. The Bertz CT molecular complexity index is 532. The standard InChI is InChI=1S/C15H16ClN/c1-10-12(5-6-15(10)16)13-4-2-3-11-7-8-17-9-14(11)13/h2-4,7-10,12,15H,5-6H2,1H3. The molecule has 1 heterocycles. The smallest absolute Gasteiger partial charge is 0.0367 e. The minimum Gasteiger partial charge on any atom is -0.264 e. The van der Waals surface area contributed by atoms with Crippen molar-refractivity contribution in [2.24, 2.45) is 5.92 Å². The van der Waals surface area contributed by atoms with E-state index in [0.29, 0.717) is 17.2 Å². The van der Waals surface area contributed by atoms with Crippen molar-refractivity contribution >= 4 is 22.4 Å². The van der Waals surface area contributed by atoms with E-state index in [2.05, 4.69) is 36.2 Å². The quantitative estimate of drug-likeness (QED) is 0.681. The first-order valence-corrected chi connectivity index (χ1v) is 6.67. The molecule has 1 fully saturated rings. The van der Waals surface area contributed by atoms with Crippen LogP contribution in [0.2, 0.25) is 0 Å². The van der Waals surface area contributed by atoms with Gasteiger partial charge in [-0.3, -0.25) is 4.98 Å². The van der Waals surface area contributed by atoms with Crippen LogP contribution in [-0.4, -0.2) is 10.4 Å². The molecule has 0 saturated heterocycles. The molecule has 1 nitrogen and oxygen atoms in total. The lowest BCUT2D eigenvalue weighted by molar-refractivity contribution is 0.540. The van der Waals surface area contributed by atoms with Crippen molar-refractivity contribution in [3.63, 3.8) is 0 Å². The second-order valence-corrected chi connectivity index (χ2v) is 5.56. The van der Waals surface area contributed by atoms with Crippen molar-refractivity contribution in [3.05, 3.63) is 42.2 Å². The Morgan fingerprint density at radius 3 is 2.88 bits per heavy atom. The molecule has 3 rings (SSSR count). The highest BCUT2D eigenvalue weighted by Gasteiger charge is 2.33. The molecule has 0 aliphatic heterocycles. The van der Waals surface area contributed by atoms with E-state index in [1.807, 2.05) is 12.4 Å². The monoisotopic (exact) mass is 245 g/mol. The summed E-state index contributed by atoms with van der Waals surface area (Å²) in [5.74, 6) is 1.15. The van der Waals surface area contributed by atoms with E-state index in [1.54, 1.807) is 0 Å². The minimum atomic E-state index is 0.326. The highest BCUT2D eigenvalue weighted by Crippen LogP contribution is 2.43. The molecule has 1 saturated carbocycles. The van der Waals surface area contributed by atoms with Crippen molar-refractivity contribution in [3.8, 4) is 0 Å². The minimum absolute atomic E-state index is 0.326. The molecule has 1 aliphatic carbocycles. The van der Waals surface area contributed by atoms with E-state index < -0.39 is 0 Å². The van der Waals surface area contributed by atoms with Gasteiger partial charge in [0.1, 0.15) is 0 Å². The van der Waals surface area contributed by atoms with Gasteiger partial charge in [-0.15, -0.1) is 11.6 Å². The molecule has 88 valence electrons. The van der Waals surface area contributed by atoms with Crippen LogP contribution in [0.4, 0.5) is 0 Å². The summed E-state index contributed by atoms with van der Waals surface area (Å²) >= 11 is 6.34. The topological polar surface area (TPSA) is 12.9 Å². The molecule has 0 N–H and O–H groups in total. The number of hydrogen-bond donors (Lipinski definition) is 0. The average Bonchev–Trinajstić information content (AvgIpc) is 2.69. The summed E-state index contributed by atoms with van der Waals surface area (Å²) in [5, 5.41) is 2.90. The Morgan fingerprint density at radius 1 is 1.24 bits per heavy atom. The normalized spacial score (nSPS) is 28.7. The number of rotatable bonds is 1. The summed E-state index contributed by atoms with van der Waals surface area (Å²) in [6.45, 7) is 2.27. The van der Waals surface area contributed by atoms with Gasteiger partial charge in [0.25, 0.3) is 0 Å². The summed E-state index contributed by atoms with van der Waals surface area (Å²) in [6.07, 6.45) is 6.17. The van der Waals surface area contributed by atoms with Gasteiger partial charge in [0, 0.05) is 23.2 Å². The molecule has 1 aromatic carbocycles. The van der Waals surface area contributed by atoms with E-state index in [0.717, 1.165) is 6.42 Å². The predicted molar refractivity (Wildman–Crippen MR) is 72.5 cm³/mol. The van der Waals surface area contributed by atoms with Gasteiger partial charge in [-0.1, -0.05) is 25.1 Å². The zero-order valence-electron chi connectivity index (χ0n) is 9.94. The van der Waals surface area contributed by atoms with E-state index in [1.165, 1.54) is 22.8 Å². The van der Waals surface area contributed by atoms with E-state index >= 15 is 0 Å². The van der Waals surface area contributed by atoms with Gasteiger partial charge in [-0.05, 0) is 41.7 Å². The fraction of sp³-hybridized carbons (Fsp3) is 0.400. The molecular formula is C15H16ClN.